The van der Waals surface area contributed by atoms with Crippen LogP contribution in [0.2, 0.25) is 0 Å². The normalized spacial score (nSPS) is 23.2. The first-order chi connectivity index (χ1) is 6.11. The van der Waals surface area contributed by atoms with Crippen molar-refractivity contribution in [1.29, 1.82) is 0 Å². The van der Waals surface area contributed by atoms with Crippen molar-refractivity contribution < 1.29 is 19.7 Å². The average Bonchev–Trinajstić information content (AvgIpc) is 2.08. The average molecular weight is 185 g/mol. The molecule has 4 N–H and O–H groups in total. The summed E-state index contributed by atoms with van der Waals surface area (Å²) in [6.07, 6.45) is 3.78. The summed E-state index contributed by atoms with van der Waals surface area (Å²) >= 11 is 0. The fraction of sp³-hybridized carbons (Fsp3) is 0.375. The van der Waals surface area contributed by atoms with E-state index in [1.54, 1.807) is 0 Å². The Balaban J connectivity index is 2.50. The molecule has 0 saturated carbocycles. The van der Waals surface area contributed by atoms with Crippen molar-refractivity contribution in [3.63, 3.8) is 0 Å². The van der Waals surface area contributed by atoms with Crippen molar-refractivity contribution in [2.24, 2.45) is 5.73 Å². The molecule has 1 heterocycles. The molecule has 0 aromatic carbocycles. The highest BCUT2D eigenvalue weighted by atomic mass is 16.5. The minimum absolute atomic E-state index is 0.000741. The molecule has 0 aliphatic carbocycles. The summed E-state index contributed by atoms with van der Waals surface area (Å²) in [4.78, 5) is 10.4. The molecule has 2 atom stereocenters. The van der Waals surface area contributed by atoms with Crippen molar-refractivity contribution in [2.45, 2.75) is 18.6 Å². The first kappa shape index (κ1) is 9.60. The number of ether oxygens (including phenoxy) is 1. The van der Waals surface area contributed by atoms with Gasteiger partial charge in [-0.2, -0.15) is 0 Å². The van der Waals surface area contributed by atoms with Crippen molar-refractivity contribution in [1.82, 2.24) is 0 Å². The first-order valence-corrected chi connectivity index (χ1v) is 3.81. The summed E-state index contributed by atoms with van der Waals surface area (Å²) in [7, 11) is 0. The molecule has 5 heteroatoms. The molecule has 1 aliphatic heterocycles. The summed E-state index contributed by atoms with van der Waals surface area (Å²) in [6.45, 7) is 0. The lowest BCUT2D eigenvalue weighted by Crippen LogP contribution is -2.35. The quantitative estimate of drug-likeness (QED) is 0.581. The Morgan fingerprint density at radius 3 is 3.00 bits per heavy atom. The minimum Gasteiger partial charge on any atom is -0.508 e. The molecule has 13 heavy (non-hydrogen) atoms. The zero-order valence-electron chi connectivity index (χ0n) is 6.88. The molecule has 0 saturated heterocycles. The topological polar surface area (TPSA) is 92.8 Å². The second kappa shape index (κ2) is 3.95. The van der Waals surface area contributed by atoms with Gasteiger partial charge in [0.25, 0.3) is 0 Å². The predicted molar refractivity (Wildman–Crippen MR) is 45.0 cm³/mol. The molecule has 0 fully saturated rings. The van der Waals surface area contributed by atoms with Crippen LogP contribution in [0.25, 0.3) is 0 Å². The van der Waals surface area contributed by atoms with Gasteiger partial charge in [-0.3, -0.25) is 4.79 Å². The van der Waals surface area contributed by atoms with Crippen LogP contribution in [-0.2, 0) is 9.53 Å². The van der Waals surface area contributed by atoms with Crippen LogP contribution in [0, 0.1) is 0 Å². The van der Waals surface area contributed by atoms with E-state index in [1.165, 1.54) is 18.4 Å². The number of aliphatic hydroxyl groups is 1. The zero-order chi connectivity index (χ0) is 9.84. The Bertz CT molecular complexity index is 259. The summed E-state index contributed by atoms with van der Waals surface area (Å²) < 4.78 is 4.97. The van der Waals surface area contributed by atoms with Crippen LogP contribution >= 0.6 is 0 Å². The second-order valence-corrected chi connectivity index (χ2v) is 2.73. The number of aliphatic hydroxyl groups excluding tert-OH is 1. The number of carbonyl (C=O) groups is 1. The smallest absolute Gasteiger partial charge is 0.320 e. The molecular formula is C8H11NO4. The Morgan fingerprint density at radius 2 is 2.46 bits per heavy atom. The van der Waals surface area contributed by atoms with Gasteiger partial charge in [0.05, 0.1) is 6.26 Å². The van der Waals surface area contributed by atoms with E-state index in [9.17, 15) is 9.90 Å². The lowest BCUT2D eigenvalue weighted by Gasteiger charge is -2.19. The van der Waals surface area contributed by atoms with Crippen LogP contribution in [-0.4, -0.2) is 28.3 Å². The van der Waals surface area contributed by atoms with Crippen LogP contribution < -0.4 is 5.73 Å². The molecule has 0 bridgehead atoms. The first-order valence-electron chi connectivity index (χ1n) is 3.81. The van der Waals surface area contributed by atoms with Crippen LogP contribution in [0.1, 0.15) is 6.42 Å². The van der Waals surface area contributed by atoms with Gasteiger partial charge in [-0.15, -0.1) is 0 Å². The van der Waals surface area contributed by atoms with Gasteiger partial charge < -0.3 is 20.7 Å². The Hall–Kier alpha value is -1.49. The minimum atomic E-state index is -1.11. The summed E-state index contributed by atoms with van der Waals surface area (Å²) in [6, 6.07) is -1.02. The van der Waals surface area contributed by atoms with E-state index >= 15 is 0 Å². The molecular weight excluding hydrogens is 174 g/mol. The van der Waals surface area contributed by atoms with Crippen LogP contribution in [0.15, 0.2) is 24.2 Å². The SMILES string of the molecule is N[C@@H](CC1OC=CC=C1O)C(=O)O. The number of carboxylic acid groups (broad SMARTS) is 1. The van der Waals surface area contributed by atoms with Crippen molar-refractivity contribution in [3.05, 3.63) is 24.2 Å². The maximum Gasteiger partial charge on any atom is 0.320 e. The van der Waals surface area contributed by atoms with Crippen LogP contribution in [0.5, 0.6) is 0 Å². The highest BCUT2D eigenvalue weighted by Crippen LogP contribution is 2.14. The van der Waals surface area contributed by atoms with E-state index in [1.807, 2.05) is 0 Å². The Morgan fingerprint density at radius 1 is 1.77 bits per heavy atom. The highest BCUT2D eigenvalue weighted by molar-refractivity contribution is 5.73. The van der Waals surface area contributed by atoms with Crippen molar-refractivity contribution in [3.8, 4) is 0 Å². The van der Waals surface area contributed by atoms with Gasteiger partial charge in [0, 0.05) is 6.42 Å². The lowest BCUT2D eigenvalue weighted by atomic mass is 10.1. The van der Waals surface area contributed by atoms with Gasteiger partial charge in [0.1, 0.15) is 11.8 Å². The number of rotatable bonds is 3. The van der Waals surface area contributed by atoms with E-state index < -0.39 is 18.1 Å². The van der Waals surface area contributed by atoms with Gasteiger partial charge in [0.15, 0.2) is 6.10 Å². The number of hydrogen-bond donors (Lipinski definition) is 3. The molecule has 1 rings (SSSR count). The molecule has 5 nitrogen and oxygen atoms in total. The third-order valence-corrected chi connectivity index (χ3v) is 1.70. The van der Waals surface area contributed by atoms with Crippen LogP contribution in [0.3, 0.4) is 0 Å². The number of hydrogen-bond acceptors (Lipinski definition) is 4. The number of allylic oxidation sites excluding steroid dienone is 2. The summed E-state index contributed by atoms with van der Waals surface area (Å²) in [5.74, 6) is -1.11. The van der Waals surface area contributed by atoms with E-state index in [4.69, 9.17) is 15.6 Å². The molecule has 0 aromatic heterocycles. The van der Waals surface area contributed by atoms with E-state index in [2.05, 4.69) is 0 Å². The molecule has 1 unspecified atom stereocenters. The largest absolute Gasteiger partial charge is 0.508 e. The van der Waals surface area contributed by atoms with E-state index in [0.29, 0.717) is 0 Å². The molecule has 0 aromatic rings. The lowest BCUT2D eigenvalue weighted by molar-refractivity contribution is -0.139. The molecule has 1 aliphatic rings. The molecule has 0 radical (unpaired) electrons. The van der Waals surface area contributed by atoms with Crippen molar-refractivity contribution >= 4 is 5.97 Å². The molecule has 72 valence electrons. The second-order valence-electron chi connectivity index (χ2n) is 2.73. The predicted octanol–water partition coefficient (Wildman–Crippen LogP) is 0.143. The van der Waals surface area contributed by atoms with Gasteiger partial charge in [-0.05, 0) is 12.2 Å². The zero-order valence-corrected chi connectivity index (χ0v) is 6.88. The van der Waals surface area contributed by atoms with Gasteiger partial charge in [0.2, 0.25) is 0 Å². The van der Waals surface area contributed by atoms with Crippen LogP contribution in [0.4, 0.5) is 0 Å². The maximum atomic E-state index is 10.4. The van der Waals surface area contributed by atoms with Gasteiger partial charge in [-0.25, -0.2) is 0 Å². The molecule has 0 spiro atoms. The van der Waals surface area contributed by atoms with Gasteiger partial charge >= 0.3 is 5.97 Å². The number of carboxylic acids is 1. The summed E-state index contributed by atoms with van der Waals surface area (Å²) in [5, 5.41) is 17.7. The van der Waals surface area contributed by atoms with Gasteiger partial charge in [-0.1, -0.05) is 0 Å². The maximum absolute atomic E-state index is 10.4. The third-order valence-electron chi connectivity index (χ3n) is 1.70. The number of aliphatic carboxylic acids is 1. The monoisotopic (exact) mass is 185 g/mol. The third kappa shape index (κ3) is 2.48. The highest BCUT2D eigenvalue weighted by Gasteiger charge is 2.23. The molecule has 0 amide bonds. The Labute approximate surface area is 75.1 Å². The standard InChI is InChI=1S/C8H11NO4/c9-5(8(11)12)4-7-6(10)2-1-3-13-7/h1-3,5,7,10H,4,9H2,(H,11,12)/t5-,7?/m0/s1. The fourth-order valence-corrected chi connectivity index (χ4v) is 0.963. The van der Waals surface area contributed by atoms with E-state index in [0.717, 1.165) is 0 Å². The number of nitrogens with two attached hydrogens (primary N) is 1. The Kier molecular flexibility index (Phi) is 2.92. The van der Waals surface area contributed by atoms with Crippen molar-refractivity contribution in [2.75, 3.05) is 0 Å². The summed E-state index contributed by atoms with van der Waals surface area (Å²) in [5.41, 5.74) is 5.27. The fourth-order valence-electron chi connectivity index (χ4n) is 0.963. The van der Waals surface area contributed by atoms with E-state index in [-0.39, 0.29) is 12.2 Å².